The number of benzene rings is 1. The van der Waals surface area contributed by atoms with Gasteiger partial charge in [-0.15, -0.1) is 10.2 Å². The van der Waals surface area contributed by atoms with E-state index in [1.807, 2.05) is 30.1 Å². The van der Waals surface area contributed by atoms with Crippen LogP contribution in [0.5, 0.6) is 0 Å². The number of nitrogens with zero attached hydrogens (tertiary/aromatic N) is 3. The standard InChI is InChI=1S/C16H21N5OS/c1-21-13-7-6-11-14(12(13)10-18-21)19-20-15(11)16(22)17-8-4-2-3-5-9-23/h6-7,10,18,23H,2-5,8-9H2,1H3,(H,17,22). The molecule has 3 rings (SSSR count). The van der Waals surface area contributed by atoms with E-state index < -0.39 is 0 Å². The van der Waals surface area contributed by atoms with Crippen LogP contribution >= 0.6 is 12.6 Å². The summed E-state index contributed by atoms with van der Waals surface area (Å²) < 4.78 is 1.91. The number of aromatic nitrogens is 4. The molecule has 2 aromatic heterocycles. The quantitative estimate of drug-likeness (QED) is 0.460. The first-order chi connectivity index (χ1) is 11.2. The Morgan fingerprint density at radius 2 is 2.04 bits per heavy atom. The molecule has 6 nitrogen and oxygen atoms in total. The highest BCUT2D eigenvalue weighted by Gasteiger charge is 2.17. The number of unbranched alkanes of at least 4 members (excludes halogenated alkanes) is 3. The van der Waals surface area contributed by atoms with E-state index in [4.69, 9.17) is 0 Å². The average molecular weight is 331 g/mol. The fourth-order valence-electron chi connectivity index (χ4n) is 2.76. The smallest absolute Gasteiger partial charge is 0.272 e. The number of hydrogen-bond donors (Lipinski definition) is 3. The molecule has 3 aromatic rings. The number of amides is 1. The first kappa shape index (κ1) is 15.9. The van der Waals surface area contributed by atoms with E-state index in [2.05, 4.69) is 33.2 Å². The molecule has 0 atom stereocenters. The molecule has 0 aliphatic carbocycles. The zero-order valence-electron chi connectivity index (χ0n) is 13.2. The van der Waals surface area contributed by atoms with Gasteiger partial charge >= 0.3 is 0 Å². The van der Waals surface area contributed by atoms with Gasteiger partial charge in [-0.1, -0.05) is 12.8 Å². The van der Waals surface area contributed by atoms with Crippen LogP contribution in [0.15, 0.2) is 18.3 Å². The van der Waals surface area contributed by atoms with Crippen molar-refractivity contribution in [3.63, 3.8) is 0 Å². The summed E-state index contributed by atoms with van der Waals surface area (Å²) >= 11 is 4.19. The predicted molar refractivity (Wildman–Crippen MR) is 95.0 cm³/mol. The number of rotatable bonds is 7. The molecule has 0 saturated heterocycles. The highest BCUT2D eigenvalue weighted by atomic mass is 32.1. The van der Waals surface area contributed by atoms with Crippen molar-refractivity contribution >= 4 is 40.3 Å². The van der Waals surface area contributed by atoms with Crippen LogP contribution in [0.4, 0.5) is 0 Å². The van der Waals surface area contributed by atoms with Gasteiger partial charge in [-0.05, 0) is 30.7 Å². The molecular weight excluding hydrogens is 310 g/mol. The maximum Gasteiger partial charge on any atom is 0.272 e. The van der Waals surface area contributed by atoms with Gasteiger partial charge in [0.15, 0.2) is 5.69 Å². The van der Waals surface area contributed by atoms with E-state index in [1.165, 1.54) is 0 Å². The topological polar surface area (TPSA) is 75.6 Å². The van der Waals surface area contributed by atoms with Crippen LogP contribution in [0.25, 0.3) is 21.8 Å². The van der Waals surface area contributed by atoms with Gasteiger partial charge in [-0.2, -0.15) is 12.6 Å². The van der Waals surface area contributed by atoms with Gasteiger partial charge in [0, 0.05) is 30.6 Å². The van der Waals surface area contributed by atoms with Gasteiger partial charge in [0.2, 0.25) is 0 Å². The second kappa shape index (κ2) is 7.04. The van der Waals surface area contributed by atoms with Crippen molar-refractivity contribution in [1.29, 1.82) is 0 Å². The van der Waals surface area contributed by atoms with Crippen molar-refractivity contribution in [3.05, 3.63) is 24.0 Å². The highest BCUT2D eigenvalue weighted by molar-refractivity contribution is 7.80. The maximum absolute atomic E-state index is 12.3. The van der Waals surface area contributed by atoms with Gasteiger partial charge < -0.3 is 10.4 Å². The van der Waals surface area contributed by atoms with Gasteiger partial charge in [-0.25, -0.2) is 0 Å². The summed E-state index contributed by atoms with van der Waals surface area (Å²) in [5.41, 5.74) is 2.20. The molecule has 0 radical (unpaired) electrons. The van der Waals surface area contributed by atoms with Gasteiger partial charge in [0.1, 0.15) is 5.52 Å². The van der Waals surface area contributed by atoms with Crippen molar-refractivity contribution in [2.45, 2.75) is 25.7 Å². The lowest BCUT2D eigenvalue weighted by Gasteiger charge is -2.03. The Bertz CT molecular complexity index is 822. The minimum Gasteiger partial charge on any atom is -0.351 e. The van der Waals surface area contributed by atoms with Crippen molar-refractivity contribution in [3.8, 4) is 0 Å². The number of carbonyl (C=O) groups is 1. The molecule has 0 fully saturated rings. The van der Waals surface area contributed by atoms with Crippen molar-refractivity contribution in [2.24, 2.45) is 7.05 Å². The minimum absolute atomic E-state index is 0.152. The van der Waals surface area contributed by atoms with E-state index in [0.29, 0.717) is 12.2 Å². The van der Waals surface area contributed by atoms with Gasteiger partial charge in [-0.3, -0.25) is 9.48 Å². The zero-order valence-corrected chi connectivity index (χ0v) is 14.1. The van der Waals surface area contributed by atoms with Crippen LogP contribution < -0.4 is 5.32 Å². The van der Waals surface area contributed by atoms with Crippen LogP contribution in [-0.2, 0) is 7.05 Å². The van der Waals surface area contributed by atoms with Crippen LogP contribution in [0.3, 0.4) is 0 Å². The highest BCUT2D eigenvalue weighted by Crippen LogP contribution is 2.25. The number of aryl methyl sites for hydroxylation is 1. The van der Waals surface area contributed by atoms with Crippen LogP contribution in [0.1, 0.15) is 36.2 Å². The molecule has 0 aliphatic rings. The fraction of sp³-hybridized carbons (Fsp3) is 0.438. The number of nitrogens with one attached hydrogen (secondary N) is 2. The van der Waals surface area contributed by atoms with E-state index in [0.717, 1.165) is 53.2 Å². The number of hydrogen-bond acceptors (Lipinski definition) is 4. The summed E-state index contributed by atoms with van der Waals surface area (Å²) in [4.78, 5) is 12.3. The first-order valence-corrected chi connectivity index (χ1v) is 8.54. The summed E-state index contributed by atoms with van der Waals surface area (Å²) in [6.07, 6.45) is 6.24. The van der Waals surface area contributed by atoms with E-state index in [1.54, 1.807) is 0 Å². The van der Waals surface area contributed by atoms with E-state index in [9.17, 15) is 4.79 Å². The molecule has 0 unspecified atom stereocenters. The Morgan fingerprint density at radius 3 is 2.87 bits per heavy atom. The Balaban J connectivity index is 1.70. The normalized spacial score (nSPS) is 11.4. The second-order valence-corrected chi connectivity index (χ2v) is 6.12. The minimum atomic E-state index is -0.152. The molecule has 0 spiro atoms. The number of aromatic amines is 1. The number of thiol groups is 1. The predicted octanol–water partition coefficient (Wildman–Crippen LogP) is 2.67. The fourth-order valence-corrected chi connectivity index (χ4v) is 2.98. The lowest BCUT2D eigenvalue weighted by Crippen LogP contribution is -2.25. The van der Waals surface area contributed by atoms with Crippen LogP contribution in [0, 0.1) is 0 Å². The molecule has 0 saturated carbocycles. The Kier molecular flexibility index (Phi) is 4.85. The molecule has 7 heteroatoms. The lowest BCUT2D eigenvalue weighted by atomic mass is 10.1. The molecule has 23 heavy (non-hydrogen) atoms. The van der Waals surface area contributed by atoms with Crippen LogP contribution in [-0.4, -0.2) is 38.2 Å². The second-order valence-electron chi connectivity index (χ2n) is 5.67. The van der Waals surface area contributed by atoms with Crippen molar-refractivity contribution in [1.82, 2.24) is 25.3 Å². The van der Waals surface area contributed by atoms with Crippen molar-refractivity contribution in [2.75, 3.05) is 12.3 Å². The molecule has 0 bridgehead atoms. The molecule has 122 valence electrons. The van der Waals surface area contributed by atoms with Gasteiger partial charge in [0.05, 0.1) is 5.52 Å². The third-order valence-electron chi connectivity index (χ3n) is 4.05. The zero-order chi connectivity index (χ0) is 16.2. The molecular formula is C16H21N5OS. The third kappa shape index (κ3) is 3.19. The summed E-state index contributed by atoms with van der Waals surface area (Å²) in [5, 5.41) is 16.1. The van der Waals surface area contributed by atoms with E-state index >= 15 is 0 Å². The first-order valence-electron chi connectivity index (χ1n) is 7.90. The molecule has 2 N–H and O–H groups in total. The molecule has 1 aromatic carbocycles. The van der Waals surface area contributed by atoms with Crippen molar-refractivity contribution < 1.29 is 4.79 Å². The Labute approximate surface area is 140 Å². The third-order valence-corrected chi connectivity index (χ3v) is 4.36. The summed E-state index contributed by atoms with van der Waals surface area (Å²) in [7, 11) is 1.94. The summed E-state index contributed by atoms with van der Waals surface area (Å²) in [6.45, 7) is 0.668. The molecule has 0 aliphatic heterocycles. The summed E-state index contributed by atoms with van der Waals surface area (Å²) in [5.74, 6) is 0.772. The lowest BCUT2D eigenvalue weighted by molar-refractivity contribution is 0.0949. The van der Waals surface area contributed by atoms with Crippen LogP contribution in [0.2, 0.25) is 0 Å². The Hall–Kier alpha value is -2.02. The summed E-state index contributed by atoms with van der Waals surface area (Å²) in [6, 6.07) is 3.89. The SMILES string of the molecule is Cn1[nH]cc2c3nnc(C(=O)NCCCCCCS)c3ccc21. The number of fused-ring (bicyclic) bond motifs is 3. The monoisotopic (exact) mass is 331 g/mol. The molecule has 2 heterocycles. The number of carbonyl (C=O) groups excluding carboxylic acids is 1. The number of H-pyrrole nitrogens is 1. The maximum atomic E-state index is 12.3. The molecule has 1 amide bonds. The average Bonchev–Trinajstić information content (AvgIpc) is 3.14. The largest absolute Gasteiger partial charge is 0.351 e. The Morgan fingerprint density at radius 1 is 1.22 bits per heavy atom. The van der Waals surface area contributed by atoms with Gasteiger partial charge in [0.25, 0.3) is 5.91 Å². The van der Waals surface area contributed by atoms with E-state index in [-0.39, 0.29) is 5.91 Å².